The quantitative estimate of drug-likeness (QED) is 0.671. The van der Waals surface area contributed by atoms with Crippen molar-refractivity contribution in [1.82, 2.24) is 19.0 Å². The molecule has 102 valence electrons. The number of piperidine rings is 1. The normalized spacial score (nSPS) is 22.2. The van der Waals surface area contributed by atoms with Crippen LogP contribution in [0.1, 0.15) is 18.7 Å². The van der Waals surface area contributed by atoms with Crippen LogP contribution in [0.4, 0.5) is 0 Å². The van der Waals surface area contributed by atoms with Crippen LogP contribution in [0.15, 0.2) is 12.4 Å². The molecule has 8 heteroatoms. The van der Waals surface area contributed by atoms with E-state index in [1.54, 1.807) is 12.4 Å². The summed E-state index contributed by atoms with van der Waals surface area (Å²) in [6, 6.07) is 0. The van der Waals surface area contributed by atoms with Crippen molar-refractivity contribution in [2.75, 3.05) is 19.7 Å². The molecule has 0 radical (unpaired) electrons. The fraction of sp³-hybridized carbons (Fsp3) is 0.700. The fourth-order valence-corrected chi connectivity index (χ4v) is 3.32. The predicted octanol–water partition coefficient (Wildman–Crippen LogP) is -0.552. The van der Waals surface area contributed by atoms with Gasteiger partial charge in [0.1, 0.15) is 5.82 Å². The highest BCUT2D eigenvalue weighted by molar-refractivity contribution is 7.87. The number of imidazole rings is 1. The number of aliphatic hydroxyl groups excluding tert-OH is 1. The maximum atomic E-state index is 12.0. The van der Waals surface area contributed by atoms with Gasteiger partial charge in [0.05, 0.1) is 6.54 Å². The third-order valence-corrected chi connectivity index (χ3v) is 4.58. The Hall–Kier alpha value is -0.960. The molecule has 1 aromatic heterocycles. The molecule has 0 spiro atoms. The molecule has 1 saturated heterocycles. The van der Waals surface area contributed by atoms with E-state index in [0.717, 1.165) is 12.8 Å². The standard InChI is InChI=1S/C10H18N4O3S/c15-8-9-2-1-5-14(7-9)18(16,17)13-6-10-11-3-4-12-10/h3-4,9,13,15H,1-2,5-8H2,(H,11,12). The summed E-state index contributed by atoms with van der Waals surface area (Å²) in [7, 11) is -3.49. The number of hydrogen-bond acceptors (Lipinski definition) is 4. The van der Waals surface area contributed by atoms with E-state index in [1.807, 2.05) is 0 Å². The average Bonchev–Trinajstić information content (AvgIpc) is 2.90. The Labute approximate surface area is 106 Å². The molecular weight excluding hydrogens is 256 g/mol. The Morgan fingerprint density at radius 3 is 3.11 bits per heavy atom. The minimum absolute atomic E-state index is 0.0319. The van der Waals surface area contributed by atoms with E-state index in [-0.39, 0.29) is 19.1 Å². The van der Waals surface area contributed by atoms with Crippen LogP contribution in [0, 0.1) is 5.92 Å². The van der Waals surface area contributed by atoms with E-state index in [2.05, 4.69) is 14.7 Å². The van der Waals surface area contributed by atoms with Crippen LogP contribution in [-0.4, -0.2) is 47.5 Å². The number of rotatable bonds is 5. The lowest BCUT2D eigenvalue weighted by atomic mass is 10.0. The maximum absolute atomic E-state index is 12.0. The second-order valence-electron chi connectivity index (χ2n) is 4.41. The van der Waals surface area contributed by atoms with Crippen LogP contribution in [0.5, 0.6) is 0 Å². The van der Waals surface area contributed by atoms with Gasteiger partial charge in [-0.05, 0) is 18.8 Å². The van der Waals surface area contributed by atoms with Gasteiger partial charge in [0, 0.05) is 32.1 Å². The van der Waals surface area contributed by atoms with Gasteiger partial charge < -0.3 is 10.1 Å². The summed E-state index contributed by atoms with van der Waals surface area (Å²) in [5.41, 5.74) is 0. The van der Waals surface area contributed by atoms with Gasteiger partial charge in [-0.2, -0.15) is 17.4 Å². The first-order valence-electron chi connectivity index (χ1n) is 5.95. The van der Waals surface area contributed by atoms with Gasteiger partial charge >= 0.3 is 0 Å². The Balaban J connectivity index is 1.93. The molecule has 18 heavy (non-hydrogen) atoms. The van der Waals surface area contributed by atoms with Crippen molar-refractivity contribution in [3.63, 3.8) is 0 Å². The van der Waals surface area contributed by atoms with E-state index < -0.39 is 10.2 Å². The van der Waals surface area contributed by atoms with E-state index in [0.29, 0.717) is 18.9 Å². The van der Waals surface area contributed by atoms with Gasteiger partial charge in [-0.3, -0.25) is 0 Å². The van der Waals surface area contributed by atoms with Gasteiger partial charge in [0.25, 0.3) is 10.2 Å². The van der Waals surface area contributed by atoms with Gasteiger partial charge in [-0.25, -0.2) is 4.98 Å². The van der Waals surface area contributed by atoms with Gasteiger partial charge in [0.2, 0.25) is 0 Å². The molecule has 1 atom stereocenters. The Morgan fingerprint density at radius 1 is 1.61 bits per heavy atom. The second kappa shape index (κ2) is 5.79. The van der Waals surface area contributed by atoms with Crippen LogP contribution >= 0.6 is 0 Å². The molecule has 0 aromatic carbocycles. The minimum Gasteiger partial charge on any atom is -0.396 e. The lowest BCUT2D eigenvalue weighted by Gasteiger charge is -2.30. The van der Waals surface area contributed by atoms with Crippen LogP contribution < -0.4 is 4.72 Å². The van der Waals surface area contributed by atoms with E-state index in [9.17, 15) is 8.42 Å². The molecule has 0 amide bonds. The van der Waals surface area contributed by atoms with Crippen molar-refractivity contribution in [3.05, 3.63) is 18.2 Å². The number of H-pyrrole nitrogens is 1. The highest BCUT2D eigenvalue weighted by Crippen LogP contribution is 2.17. The smallest absolute Gasteiger partial charge is 0.279 e. The molecule has 1 unspecified atom stereocenters. The lowest BCUT2D eigenvalue weighted by molar-refractivity contribution is 0.164. The molecule has 0 bridgehead atoms. The SMILES string of the molecule is O=S(=O)(NCc1ncc[nH]1)N1CCCC(CO)C1. The summed E-state index contributed by atoms with van der Waals surface area (Å²) in [6.45, 7) is 1.06. The Morgan fingerprint density at radius 2 is 2.44 bits per heavy atom. The zero-order chi connectivity index (χ0) is 13.0. The summed E-state index contributed by atoms with van der Waals surface area (Å²) in [4.78, 5) is 6.79. The molecule has 3 N–H and O–H groups in total. The summed E-state index contributed by atoms with van der Waals surface area (Å²) in [6.07, 6.45) is 4.88. The lowest BCUT2D eigenvalue weighted by Crippen LogP contribution is -2.46. The van der Waals surface area contributed by atoms with Crippen molar-refractivity contribution in [3.8, 4) is 0 Å². The highest BCUT2D eigenvalue weighted by Gasteiger charge is 2.28. The maximum Gasteiger partial charge on any atom is 0.279 e. The first kappa shape index (κ1) is 13.5. The summed E-state index contributed by atoms with van der Waals surface area (Å²) in [5, 5.41) is 9.10. The molecule has 1 aromatic rings. The summed E-state index contributed by atoms with van der Waals surface area (Å²) in [5.74, 6) is 0.619. The molecule has 1 aliphatic heterocycles. The molecule has 7 nitrogen and oxygen atoms in total. The zero-order valence-electron chi connectivity index (χ0n) is 10.0. The first-order chi connectivity index (χ1) is 8.62. The predicted molar refractivity (Wildman–Crippen MR) is 65.7 cm³/mol. The monoisotopic (exact) mass is 274 g/mol. The highest BCUT2D eigenvalue weighted by atomic mass is 32.2. The van der Waals surface area contributed by atoms with E-state index >= 15 is 0 Å². The topological polar surface area (TPSA) is 98.3 Å². The number of hydrogen-bond donors (Lipinski definition) is 3. The number of nitrogens with one attached hydrogen (secondary N) is 2. The summed E-state index contributed by atoms with van der Waals surface area (Å²) < 4.78 is 28.0. The van der Waals surface area contributed by atoms with Crippen molar-refractivity contribution < 1.29 is 13.5 Å². The van der Waals surface area contributed by atoms with Crippen molar-refractivity contribution in [1.29, 1.82) is 0 Å². The first-order valence-corrected chi connectivity index (χ1v) is 7.39. The van der Waals surface area contributed by atoms with Crippen LogP contribution in [0.25, 0.3) is 0 Å². The number of nitrogens with zero attached hydrogens (tertiary/aromatic N) is 2. The third-order valence-electron chi connectivity index (χ3n) is 3.06. The average molecular weight is 274 g/mol. The van der Waals surface area contributed by atoms with Gasteiger partial charge in [-0.1, -0.05) is 0 Å². The molecule has 0 aliphatic carbocycles. The third kappa shape index (κ3) is 3.29. The Bertz CT molecular complexity index is 459. The van der Waals surface area contributed by atoms with Crippen molar-refractivity contribution >= 4 is 10.2 Å². The Kier molecular flexibility index (Phi) is 4.33. The largest absolute Gasteiger partial charge is 0.396 e. The van der Waals surface area contributed by atoms with Gasteiger partial charge in [-0.15, -0.1) is 0 Å². The molecule has 2 rings (SSSR count). The van der Waals surface area contributed by atoms with Crippen LogP contribution in [0.2, 0.25) is 0 Å². The van der Waals surface area contributed by atoms with E-state index in [1.165, 1.54) is 4.31 Å². The zero-order valence-corrected chi connectivity index (χ0v) is 10.9. The van der Waals surface area contributed by atoms with Crippen LogP contribution in [0.3, 0.4) is 0 Å². The fourth-order valence-electron chi connectivity index (χ4n) is 2.04. The van der Waals surface area contributed by atoms with Crippen molar-refractivity contribution in [2.24, 2.45) is 5.92 Å². The molecule has 1 aliphatic rings. The molecule has 1 fully saturated rings. The van der Waals surface area contributed by atoms with Crippen LogP contribution in [-0.2, 0) is 16.8 Å². The molecule has 0 saturated carbocycles. The summed E-state index contributed by atoms with van der Waals surface area (Å²) >= 11 is 0. The number of aliphatic hydroxyl groups is 1. The van der Waals surface area contributed by atoms with Crippen molar-refractivity contribution in [2.45, 2.75) is 19.4 Å². The number of aromatic amines is 1. The molecular formula is C10H18N4O3S. The minimum atomic E-state index is -3.49. The number of aromatic nitrogens is 2. The van der Waals surface area contributed by atoms with E-state index in [4.69, 9.17) is 5.11 Å². The second-order valence-corrected chi connectivity index (χ2v) is 6.17. The van der Waals surface area contributed by atoms with Gasteiger partial charge in [0.15, 0.2) is 0 Å². The molecule has 2 heterocycles.